The first-order chi connectivity index (χ1) is 9.08. The Balaban J connectivity index is 2.02. The van der Waals surface area contributed by atoms with Crippen molar-refractivity contribution in [2.45, 2.75) is 26.4 Å². The van der Waals surface area contributed by atoms with Gasteiger partial charge in [-0.25, -0.2) is 0 Å². The number of benzene rings is 2. The first-order valence-electron chi connectivity index (χ1n) is 6.31. The van der Waals surface area contributed by atoms with Gasteiger partial charge in [0.1, 0.15) is 0 Å². The number of hydrogen-bond donors (Lipinski definition) is 1. The van der Waals surface area contributed by atoms with E-state index < -0.39 is 0 Å². The predicted molar refractivity (Wildman–Crippen MR) is 88.3 cm³/mol. The van der Waals surface area contributed by atoms with Crippen LogP contribution in [0.15, 0.2) is 51.4 Å². The molecular weight excluding hydrogens is 366 g/mol. The highest BCUT2D eigenvalue weighted by molar-refractivity contribution is 9.10. The van der Waals surface area contributed by atoms with Crippen LogP contribution < -0.4 is 5.32 Å². The summed E-state index contributed by atoms with van der Waals surface area (Å²) in [4.78, 5) is 0. The average Bonchev–Trinajstić information content (AvgIpc) is 2.40. The lowest BCUT2D eigenvalue weighted by atomic mass is 10.1. The van der Waals surface area contributed by atoms with Gasteiger partial charge >= 0.3 is 0 Å². The van der Waals surface area contributed by atoms with Gasteiger partial charge in [0.25, 0.3) is 0 Å². The molecule has 1 atom stereocenters. The van der Waals surface area contributed by atoms with Gasteiger partial charge in [-0.15, -0.1) is 0 Å². The van der Waals surface area contributed by atoms with Crippen LogP contribution in [0, 0.1) is 6.92 Å². The van der Waals surface area contributed by atoms with E-state index >= 15 is 0 Å². The second-order valence-electron chi connectivity index (χ2n) is 4.71. The molecule has 0 fully saturated rings. The van der Waals surface area contributed by atoms with Crippen molar-refractivity contribution in [2.75, 3.05) is 0 Å². The van der Waals surface area contributed by atoms with Crippen molar-refractivity contribution < 1.29 is 0 Å². The summed E-state index contributed by atoms with van der Waals surface area (Å²) in [5.74, 6) is 0. The molecule has 2 aromatic carbocycles. The van der Waals surface area contributed by atoms with Gasteiger partial charge in [-0.2, -0.15) is 0 Å². The predicted octanol–water partition coefficient (Wildman–Crippen LogP) is 5.37. The smallest absolute Gasteiger partial charge is 0.0306 e. The normalized spacial score (nSPS) is 12.4. The minimum absolute atomic E-state index is 0.315. The van der Waals surface area contributed by atoms with Gasteiger partial charge in [0.05, 0.1) is 0 Å². The summed E-state index contributed by atoms with van der Waals surface area (Å²) in [6.07, 6.45) is 0. The van der Waals surface area contributed by atoms with Gasteiger partial charge in [-0.05, 0) is 42.7 Å². The van der Waals surface area contributed by atoms with Gasteiger partial charge in [-0.3, -0.25) is 0 Å². The van der Waals surface area contributed by atoms with Gasteiger partial charge in [0.15, 0.2) is 0 Å². The Kier molecular flexibility index (Phi) is 5.20. The van der Waals surface area contributed by atoms with E-state index in [9.17, 15) is 0 Å². The third-order valence-electron chi connectivity index (χ3n) is 3.22. The minimum Gasteiger partial charge on any atom is -0.306 e. The first-order valence-corrected chi connectivity index (χ1v) is 7.89. The molecule has 0 aliphatic heterocycles. The van der Waals surface area contributed by atoms with Crippen LogP contribution >= 0.6 is 31.9 Å². The Morgan fingerprint density at radius 1 is 1.05 bits per heavy atom. The molecule has 0 saturated carbocycles. The molecule has 0 aliphatic rings. The van der Waals surface area contributed by atoms with Crippen LogP contribution in [0.5, 0.6) is 0 Å². The zero-order valence-electron chi connectivity index (χ0n) is 11.1. The molecule has 0 aliphatic carbocycles. The van der Waals surface area contributed by atoms with Crippen LogP contribution in [-0.2, 0) is 6.54 Å². The number of rotatable bonds is 4. The highest BCUT2D eigenvalue weighted by atomic mass is 79.9. The van der Waals surface area contributed by atoms with E-state index in [1.807, 2.05) is 6.07 Å². The SMILES string of the molecule is Cc1ccc(CNC(C)c2ccccc2Br)cc1Br. The highest BCUT2D eigenvalue weighted by Gasteiger charge is 2.08. The van der Waals surface area contributed by atoms with E-state index in [-0.39, 0.29) is 0 Å². The first kappa shape index (κ1) is 14.8. The summed E-state index contributed by atoms with van der Waals surface area (Å²) in [6.45, 7) is 5.15. The quantitative estimate of drug-likeness (QED) is 0.749. The zero-order valence-corrected chi connectivity index (χ0v) is 14.3. The summed E-state index contributed by atoms with van der Waals surface area (Å²) >= 11 is 7.17. The molecule has 0 heterocycles. The van der Waals surface area contributed by atoms with Crippen molar-refractivity contribution >= 4 is 31.9 Å². The monoisotopic (exact) mass is 381 g/mol. The van der Waals surface area contributed by atoms with Crippen LogP contribution in [0.4, 0.5) is 0 Å². The van der Waals surface area contributed by atoms with E-state index in [1.165, 1.54) is 21.2 Å². The van der Waals surface area contributed by atoms with Crippen molar-refractivity contribution in [3.8, 4) is 0 Å². The van der Waals surface area contributed by atoms with Crippen molar-refractivity contribution in [3.05, 3.63) is 68.1 Å². The van der Waals surface area contributed by atoms with Gasteiger partial charge < -0.3 is 5.32 Å². The molecule has 0 bridgehead atoms. The van der Waals surface area contributed by atoms with E-state index in [1.54, 1.807) is 0 Å². The van der Waals surface area contributed by atoms with Crippen LogP contribution in [-0.4, -0.2) is 0 Å². The lowest BCUT2D eigenvalue weighted by molar-refractivity contribution is 0.572. The molecule has 0 saturated heterocycles. The maximum atomic E-state index is 3.60. The van der Waals surface area contributed by atoms with Crippen molar-refractivity contribution in [3.63, 3.8) is 0 Å². The Hall–Kier alpha value is -0.640. The van der Waals surface area contributed by atoms with Crippen LogP contribution in [0.2, 0.25) is 0 Å². The fraction of sp³-hybridized carbons (Fsp3) is 0.250. The molecule has 0 amide bonds. The van der Waals surface area contributed by atoms with Crippen molar-refractivity contribution in [2.24, 2.45) is 0 Å². The standard InChI is InChI=1S/C16H17Br2N/c1-11-7-8-13(9-16(11)18)10-19-12(2)14-5-3-4-6-15(14)17/h3-9,12,19H,10H2,1-2H3. The zero-order chi connectivity index (χ0) is 13.8. The fourth-order valence-electron chi connectivity index (χ4n) is 1.95. The molecule has 0 aromatic heterocycles. The Morgan fingerprint density at radius 2 is 1.79 bits per heavy atom. The Morgan fingerprint density at radius 3 is 2.47 bits per heavy atom. The molecule has 0 spiro atoms. The summed E-state index contributed by atoms with van der Waals surface area (Å²) < 4.78 is 2.32. The molecule has 19 heavy (non-hydrogen) atoms. The third-order valence-corrected chi connectivity index (χ3v) is 4.80. The average molecular weight is 383 g/mol. The lowest BCUT2D eigenvalue weighted by Gasteiger charge is -2.16. The maximum absolute atomic E-state index is 3.60. The minimum atomic E-state index is 0.315. The molecule has 2 aromatic rings. The number of halogens is 2. The summed E-state index contributed by atoms with van der Waals surface area (Å²) in [6, 6.07) is 15.1. The molecule has 1 nitrogen and oxygen atoms in total. The summed E-state index contributed by atoms with van der Waals surface area (Å²) in [5, 5.41) is 3.55. The number of aryl methyl sites for hydroxylation is 1. The number of hydrogen-bond acceptors (Lipinski definition) is 1. The van der Waals surface area contributed by atoms with Gasteiger partial charge in [0, 0.05) is 21.5 Å². The molecule has 1 unspecified atom stereocenters. The van der Waals surface area contributed by atoms with Crippen LogP contribution in [0.1, 0.15) is 29.7 Å². The van der Waals surface area contributed by atoms with E-state index in [0.29, 0.717) is 6.04 Å². The highest BCUT2D eigenvalue weighted by Crippen LogP contribution is 2.23. The van der Waals surface area contributed by atoms with Gasteiger partial charge in [0.2, 0.25) is 0 Å². The molecule has 3 heteroatoms. The topological polar surface area (TPSA) is 12.0 Å². The van der Waals surface area contributed by atoms with Crippen LogP contribution in [0.3, 0.4) is 0 Å². The molecule has 2 rings (SSSR count). The van der Waals surface area contributed by atoms with E-state index in [0.717, 1.165) is 11.0 Å². The van der Waals surface area contributed by atoms with Crippen molar-refractivity contribution in [1.82, 2.24) is 5.32 Å². The summed E-state index contributed by atoms with van der Waals surface area (Å²) in [7, 11) is 0. The largest absolute Gasteiger partial charge is 0.306 e. The second-order valence-corrected chi connectivity index (χ2v) is 6.42. The molecular formula is C16H17Br2N. The second kappa shape index (κ2) is 6.69. The molecule has 0 radical (unpaired) electrons. The van der Waals surface area contributed by atoms with Crippen LogP contribution in [0.25, 0.3) is 0 Å². The number of nitrogens with one attached hydrogen (secondary N) is 1. The van der Waals surface area contributed by atoms with Crippen molar-refractivity contribution in [1.29, 1.82) is 0 Å². The van der Waals surface area contributed by atoms with E-state index in [4.69, 9.17) is 0 Å². The fourth-order valence-corrected chi connectivity index (χ4v) is 3.01. The van der Waals surface area contributed by atoms with E-state index in [2.05, 4.69) is 87.4 Å². The maximum Gasteiger partial charge on any atom is 0.0306 e. The lowest BCUT2D eigenvalue weighted by Crippen LogP contribution is -2.18. The third kappa shape index (κ3) is 3.91. The Labute approximate surface area is 131 Å². The molecule has 1 N–H and O–H groups in total. The Bertz CT molecular complexity index is 566. The summed E-state index contributed by atoms with van der Waals surface area (Å²) in [5.41, 5.74) is 3.84. The molecule has 100 valence electrons. The van der Waals surface area contributed by atoms with Gasteiger partial charge in [-0.1, -0.05) is 62.2 Å².